The third-order valence-electron chi connectivity index (χ3n) is 2.04. The van der Waals surface area contributed by atoms with E-state index in [1.165, 1.54) is 18.2 Å². The lowest BCUT2D eigenvalue weighted by Gasteiger charge is -1.97. The predicted octanol–water partition coefficient (Wildman–Crippen LogP) is 2.71. The maximum atomic E-state index is 13.0. The molecule has 0 amide bonds. The van der Waals surface area contributed by atoms with Crippen LogP contribution in [0.3, 0.4) is 0 Å². The number of carbonyl (C=O) groups is 1. The number of ether oxygens (including phenoxy) is 1. The van der Waals surface area contributed by atoms with Crippen molar-refractivity contribution in [3.05, 3.63) is 34.9 Å². The van der Waals surface area contributed by atoms with Crippen LogP contribution in [0.4, 0.5) is 4.39 Å². The van der Waals surface area contributed by atoms with E-state index in [1.807, 2.05) is 0 Å². The summed E-state index contributed by atoms with van der Waals surface area (Å²) in [5.74, 6) is -1.44. The minimum absolute atomic E-state index is 0.0663. The molecule has 0 unspecified atom stereocenters. The smallest absolute Gasteiger partial charge is 0.396 e. The summed E-state index contributed by atoms with van der Waals surface area (Å²) in [6, 6.07) is 3.93. The van der Waals surface area contributed by atoms with Crippen LogP contribution < -0.4 is 0 Å². The maximum absolute atomic E-state index is 13.0. The van der Waals surface area contributed by atoms with E-state index in [0.717, 1.165) is 0 Å². The number of benzene rings is 1. The van der Waals surface area contributed by atoms with Crippen molar-refractivity contribution in [2.45, 2.75) is 6.92 Å². The highest BCUT2D eigenvalue weighted by atomic mass is 35.5. The summed E-state index contributed by atoms with van der Waals surface area (Å²) in [5.41, 5.74) is 0.421. The standard InChI is InChI=1S/C11H8ClFN2O3/c1-2-17-11(16)10-15-14-9(18-10)6-3-4-8(13)7(12)5-6/h3-5H,2H2,1H3. The van der Waals surface area contributed by atoms with Gasteiger partial charge < -0.3 is 9.15 Å². The molecule has 0 N–H and O–H groups in total. The molecular weight excluding hydrogens is 263 g/mol. The molecule has 0 atom stereocenters. The molecule has 0 saturated heterocycles. The van der Waals surface area contributed by atoms with Crippen LogP contribution in [0.2, 0.25) is 5.02 Å². The van der Waals surface area contributed by atoms with Crippen molar-refractivity contribution in [1.29, 1.82) is 0 Å². The molecule has 18 heavy (non-hydrogen) atoms. The lowest BCUT2D eigenvalue weighted by Crippen LogP contribution is -2.04. The van der Waals surface area contributed by atoms with Crippen LogP contribution >= 0.6 is 11.6 Å². The average molecular weight is 271 g/mol. The molecule has 0 radical (unpaired) electrons. The molecule has 1 aromatic heterocycles. The van der Waals surface area contributed by atoms with Crippen LogP contribution in [0.15, 0.2) is 22.6 Å². The van der Waals surface area contributed by atoms with Gasteiger partial charge in [-0.2, -0.15) is 0 Å². The monoisotopic (exact) mass is 270 g/mol. The van der Waals surface area contributed by atoms with Gasteiger partial charge in [-0.25, -0.2) is 9.18 Å². The third-order valence-corrected chi connectivity index (χ3v) is 2.33. The van der Waals surface area contributed by atoms with Gasteiger partial charge >= 0.3 is 11.9 Å². The zero-order chi connectivity index (χ0) is 13.1. The summed E-state index contributed by atoms with van der Waals surface area (Å²) in [7, 11) is 0. The third kappa shape index (κ3) is 2.48. The van der Waals surface area contributed by atoms with Crippen LogP contribution in [0.5, 0.6) is 0 Å². The Labute approximate surface area is 107 Å². The molecule has 7 heteroatoms. The van der Waals surface area contributed by atoms with Gasteiger partial charge in [0.2, 0.25) is 5.89 Å². The van der Waals surface area contributed by atoms with Crippen LogP contribution in [0, 0.1) is 5.82 Å². The average Bonchev–Trinajstić information content (AvgIpc) is 2.82. The topological polar surface area (TPSA) is 65.2 Å². The number of hydrogen-bond acceptors (Lipinski definition) is 5. The Balaban J connectivity index is 2.29. The second kappa shape index (κ2) is 5.14. The number of nitrogens with zero attached hydrogens (tertiary/aromatic N) is 2. The Morgan fingerprint density at radius 2 is 2.28 bits per heavy atom. The molecule has 2 rings (SSSR count). The zero-order valence-electron chi connectivity index (χ0n) is 9.31. The second-order valence-corrected chi connectivity index (χ2v) is 3.67. The molecule has 1 aromatic carbocycles. The normalized spacial score (nSPS) is 10.4. The number of rotatable bonds is 3. The van der Waals surface area contributed by atoms with Crippen molar-refractivity contribution in [1.82, 2.24) is 10.2 Å². The first-order valence-corrected chi connectivity index (χ1v) is 5.45. The predicted molar refractivity (Wildman–Crippen MR) is 60.7 cm³/mol. The van der Waals surface area contributed by atoms with Gasteiger partial charge in [0, 0.05) is 5.56 Å². The van der Waals surface area contributed by atoms with Crippen molar-refractivity contribution in [3.8, 4) is 11.5 Å². The number of carbonyl (C=O) groups excluding carboxylic acids is 1. The van der Waals surface area contributed by atoms with Gasteiger partial charge in [0.05, 0.1) is 11.6 Å². The van der Waals surface area contributed by atoms with E-state index in [0.29, 0.717) is 5.56 Å². The molecule has 0 bridgehead atoms. The molecule has 0 spiro atoms. The van der Waals surface area contributed by atoms with Crippen LogP contribution in [0.25, 0.3) is 11.5 Å². The van der Waals surface area contributed by atoms with Gasteiger partial charge in [-0.15, -0.1) is 10.2 Å². The summed E-state index contributed by atoms with van der Waals surface area (Å²) in [6.45, 7) is 1.87. The minimum atomic E-state index is -0.704. The zero-order valence-corrected chi connectivity index (χ0v) is 10.1. The Morgan fingerprint density at radius 3 is 2.94 bits per heavy atom. The van der Waals surface area contributed by atoms with Gasteiger partial charge in [-0.1, -0.05) is 11.6 Å². The maximum Gasteiger partial charge on any atom is 0.396 e. The summed E-state index contributed by atoms with van der Waals surface area (Å²) < 4.78 is 22.8. The first-order chi connectivity index (χ1) is 8.61. The molecule has 0 aliphatic rings. The first kappa shape index (κ1) is 12.5. The fourth-order valence-corrected chi connectivity index (χ4v) is 1.42. The summed E-state index contributed by atoms with van der Waals surface area (Å²) >= 11 is 5.63. The molecule has 2 aromatic rings. The van der Waals surface area contributed by atoms with E-state index in [-0.39, 0.29) is 23.4 Å². The van der Waals surface area contributed by atoms with Gasteiger partial charge in [0.15, 0.2) is 0 Å². The van der Waals surface area contributed by atoms with Gasteiger partial charge in [0.1, 0.15) is 5.82 Å². The highest BCUT2D eigenvalue weighted by Gasteiger charge is 2.17. The number of hydrogen-bond donors (Lipinski definition) is 0. The van der Waals surface area contributed by atoms with E-state index in [4.69, 9.17) is 20.8 Å². The van der Waals surface area contributed by atoms with E-state index >= 15 is 0 Å². The van der Waals surface area contributed by atoms with E-state index in [9.17, 15) is 9.18 Å². The van der Waals surface area contributed by atoms with Crippen molar-refractivity contribution < 1.29 is 18.3 Å². The van der Waals surface area contributed by atoms with Crippen molar-refractivity contribution in [2.24, 2.45) is 0 Å². The minimum Gasteiger partial charge on any atom is -0.459 e. The molecule has 1 heterocycles. The van der Waals surface area contributed by atoms with Crippen molar-refractivity contribution in [2.75, 3.05) is 6.61 Å². The van der Waals surface area contributed by atoms with Crippen LogP contribution in [-0.2, 0) is 4.74 Å². The molecule has 94 valence electrons. The van der Waals surface area contributed by atoms with Crippen molar-refractivity contribution in [3.63, 3.8) is 0 Å². The highest BCUT2D eigenvalue weighted by molar-refractivity contribution is 6.31. The summed E-state index contributed by atoms with van der Waals surface area (Å²) in [5, 5.41) is 7.13. The SMILES string of the molecule is CCOC(=O)c1nnc(-c2ccc(F)c(Cl)c2)o1. The van der Waals surface area contributed by atoms with Crippen LogP contribution in [0.1, 0.15) is 17.6 Å². The first-order valence-electron chi connectivity index (χ1n) is 5.08. The van der Waals surface area contributed by atoms with Gasteiger partial charge in [-0.05, 0) is 25.1 Å². The Morgan fingerprint density at radius 1 is 1.50 bits per heavy atom. The van der Waals surface area contributed by atoms with Crippen LogP contribution in [-0.4, -0.2) is 22.8 Å². The highest BCUT2D eigenvalue weighted by Crippen LogP contribution is 2.23. The lowest BCUT2D eigenvalue weighted by molar-refractivity contribution is 0.0481. The van der Waals surface area contributed by atoms with E-state index in [1.54, 1.807) is 6.92 Å². The molecule has 0 fully saturated rings. The largest absolute Gasteiger partial charge is 0.459 e. The van der Waals surface area contributed by atoms with Gasteiger partial charge in [0.25, 0.3) is 0 Å². The lowest BCUT2D eigenvalue weighted by atomic mass is 10.2. The summed E-state index contributed by atoms with van der Waals surface area (Å²) in [6.07, 6.45) is 0. The Kier molecular flexibility index (Phi) is 3.57. The quantitative estimate of drug-likeness (QED) is 0.802. The fourth-order valence-electron chi connectivity index (χ4n) is 1.24. The van der Waals surface area contributed by atoms with Crippen molar-refractivity contribution >= 4 is 17.6 Å². The molecular formula is C11H8ClFN2O3. The Bertz CT molecular complexity index is 585. The molecule has 0 aliphatic carbocycles. The fraction of sp³-hybridized carbons (Fsp3) is 0.182. The number of esters is 1. The Hall–Kier alpha value is -1.95. The second-order valence-electron chi connectivity index (χ2n) is 3.26. The molecule has 0 aliphatic heterocycles. The van der Waals surface area contributed by atoms with Gasteiger partial charge in [-0.3, -0.25) is 0 Å². The number of aromatic nitrogens is 2. The molecule has 5 nitrogen and oxygen atoms in total. The number of halogens is 2. The molecule has 0 saturated carbocycles. The van der Waals surface area contributed by atoms with E-state index < -0.39 is 11.8 Å². The summed E-state index contributed by atoms with van der Waals surface area (Å²) in [4.78, 5) is 11.3. The van der Waals surface area contributed by atoms with E-state index in [2.05, 4.69) is 10.2 Å².